The van der Waals surface area contributed by atoms with E-state index in [1.165, 1.54) is 89.9 Å². The maximum absolute atomic E-state index is 6.87. The lowest BCUT2D eigenvalue weighted by Crippen LogP contribution is -2.45. The Balaban J connectivity index is 1.76. The van der Waals surface area contributed by atoms with Crippen LogP contribution in [0.3, 0.4) is 0 Å². The molecule has 2 spiro atoms. The molecule has 1 nitrogen and oxygen atoms in total. The van der Waals surface area contributed by atoms with E-state index in [9.17, 15) is 0 Å². The van der Waals surface area contributed by atoms with E-state index < -0.39 is 0 Å². The molecule has 2 aliphatic carbocycles. The molecule has 0 amide bonds. The summed E-state index contributed by atoms with van der Waals surface area (Å²) in [7, 11) is 0. The van der Waals surface area contributed by atoms with Crippen LogP contribution in [-0.4, -0.2) is 11.2 Å². The molecular weight excluding hydrogens is 208 g/mol. The van der Waals surface area contributed by atoms with E-state index in [0.717, 1.165) is 0 Å². The molecule has 17 heavy (non-hydrogen) atoms. The van der Waals surface area contributed by atoms with Gasteiger partial charge in [-0.1, -0.05) is 51.4 Å². The van der Waals surface area contributed by atoms with Crippen molar-refractivity contribution < 1.29 is 4.74 Å². The number of ether oxygens (including phenoxy) is 1. The molecule has 3 rings (SSSR count). The maximum atomic E-state index is 6.87. The van der Waals surface area contributed by atoms with Gasteiger partial charge in [-0.2, -0.15) is 0 Å². The van der Waals surface area contributed by atoms with Gasteiger partial charge in [0.05, 0.1) is 11.2 Å². The van der Waals surface area contributed by atoms with Gasteiger partial charge in [-0.05, 0) is 38.5 Å². The van der Waals surface area contributed by atoms with Crippen molar-refractivity contribution in [1.29, 1.82) is 0 Å². The van der Waals surface area contributed by atoms with Crippen molar-refractivity contribution in [3.8, 4) is 0 Å². The molecule has 1 heteroatoms. The highest BCUT2D eigenvalue weighted by atomic mass is 16.5. The summed E-state index contributed by atoms with van der Waals surface area (Å²) in [5.74, 6) is 0. The van der Waals surface area contributed by atoms with Crippen molar-refractivity contribution in [2.45, 2.75) is 101 Å². The van der Waals surface area contributed by atoms with Gasteiger partial charge in [0.15, 0.2) is 0 Å². The van der Waals surface area contributed by atoms with Crippen LogP contribution in [0, 0.1) is 0 Å². The quantitative estimate of drug-likeness (QED) is 0.576. The van der Waals surface area contributed by atoms with Crippen LogP contribution in [0.1, 0.15) is 89.9 Å². The van der Waals surface area contributed by atoms with Crippen LogP contribution in [0.15, 0.2) is 0 Å². The molecule has 2 saturated carbocycles. The van der Waals surface area contributed by atoms with Gasteiger partial charge in [-0.15, -0.1) is 0 Å². The average Bonchev–Trinajstić information content (AvgIpc) is 2.52. The van der Waals surface area contributed by atoms with Gasteiger partial charge in [0, 0.05) is 0 Å². The van der Waals surface area contributed by atoms with Crippen LogP contribution < -0.4 is 0 Å². The molecule has 98 valence electrons. The van der Waals surface area contributed by atoms with Crippen LogP contribution in [0.5, 0.6) is 0 Å². The summed E-state index contributed by atoms with van der Waals surface area (Å²) in [5.41, 5.74) is 0.623. The van der Waals surface area contributed by atoms with E-state index in [1.54, 1.807) is 0 Å². The Kier molecular flexibility index (Phi) is 3.47. The SMILES string of the molecule is C1CCC2(CC1)CCCCC1(CCCCC1)O2. The van der Waals surface area contributed by atoms with E-state index in [2.05, 4.69) is 0 Å². The zero-order chi connectivity index (χ0) is 11.6. The second-order valence-electron chi connectivity index (χ2n) is 6.80. The largest absolute Gasteiger partial charge is 0.369 e. The number of hydrogen-bond donors (Lipinski definition) is 0. The highest BCUT2D eigenvalue weighted by molar-refractivity contribution is 4.94. The fourth-order valence-corrected chi connectivity index (χ4v) is 4.55. The second kappa shape index (κ2) is 4.91. The Morgan fingerprint density at radius 1 is 0.412 bits per heavy atom. The summed E-state index contributed by atoms with van der Waals surface area (Å²) in [6.07, 6.45) is 19.5. The molecule has 1 heterocycles. The van der Waals surface area contributed by atoms with Gasteiger partial charge < -0.3 is 4.74 Å². The van der Waals surface area contributed by atoms with Gasteiger partial charge in [0.2, 0.25) is 0 Å². The van der Waals surface area contributed by atoms with Gasteiger partial charge in [-0.25, -0.2) is 0 Å². The van der Waals surface area contributed by atoms with Crippen LogP contribution in [0.4, 0.5) is 0 Å². The average molecular weight is 236 g/mol. The standard InChI is InChI=1S/C16H28O/c1-3-9-15(10-4-1)13-7-8-14-16(17-15)11-5-2-6-12-16/h1-14H2. The molecule has 1 aliphatic heterocycles. The Bertz CT molecular complexity index is 220. The smallest absolute Gasteiger partial charge is 0.0690 e. The van der Waals surface area contributed by atoms with Crippen molar-refractivity contribution in [3.63, 3.8) is 0 Å². The predicted molar refractivity (Wildman–Crippen MR) is 71.2 cm³/mol. The third-order valence-corrected chi connectivity index (χ3v) is 5.48. The summed E-state index contributed by atoms with van der Waals surface area (Å²) in [5, 5.41) is 0. The van der Waals surface area contributed by atoms with E-state index in [1.807, 2.05) is 0 Å². The maximum Gasteiger partial charge on any atom is 0.0690 e. The van der Waals surface area contributed by atoms with Crippen molar-refractivity contribution in [3.05, 3.63) is 0 Å². The molecule has 0 aromatic heterocycles. The minimum Gasteiger partial charge on any atom is -0.369 e. The third kappa shape index (κ3) is 2.54. The van der Waals surface area contributed by atoms with E-state index in [4.69, 9.17) is 4.74 Å². The number of rotatable bonds is 0. The summed E-state index contributed by atoms with van der Waals surface area (Å²) < 4.78 is 6.87. The Morgan fingerprint density at radius 2 is 0.706 bits per heavy atom. The van der Waals surface area contributed by atoms with Gasteiger partial charge in [0.25, 0.3) is 0 Å². The van der Waals surface area contributed by atoms with Crippen molar-refractivity contribution >= 4 is 0 Å². The Morgan fingerprint density at radius 3 is 1.06 bits per heavy atom. The number of hydrogen-bond acceptors (Lipinski definition) is 1. The van der Waals surface area contributed by atoms with Crippen molar-refractivity contribution in [1.82, 2.24) is 0 Å². The van der Waals surface area contributed by atoms with Gasteiger partial charge in [0.1, 0.15) is 0 Å². The zero-order valence-electron chi connectivity index (χ0n) is 11.3. The zero-order valence-corrected chi connectivity index (χ0v) is 11.3. The van der Waals surface area contributed by atoms with Crippen LogP contribution in [0.2, 0.25) is 0 Å². The van der Waals surface area contributed by atoms with E-state index >= 15 is 0 Å². The lowest BCUT2D eigenvalue weighted by Gasteiger charge is -2.46. The first-order chi connectivity index (χ1) is 8.33. The highest BCUT2D eigenvalue weighted by Gasteiger charge is 2.44. The summed E-state index contributed by atoms with van der Waals surface area (Å²) in [6, 6.07) is 0. The molecule has 0 N–H and O–H groups in total. The minimum absolute atomic E-state index is 0.312. The van der Waals surface area contributed by atoms with Crippen molar-refractivity contribution in [2.24, 2.45) is 0 Å². The third-order valence-electron chi connectivity index (χ3n) is 5.48. The minimum atomic E-state index is 0.312. The summed E-state index contributed by atoms with van der Waals surface area (Å²) in [6.45, 7) is 0. The first-order valence-electron chi connectivity index (χ1n) is 8.03. The fourth-order valence-electron chi connectivity index (χ4n) is 4.55. The predicted octanol–water partition coefficient (Wildman–Crippen LogP) is 4.98. The molecule has 1 saturated heterocycles. The van der Waals surface area contributed by atoms with Gasteiger partial charge in [-0.3, -0.25) is 0 Å². The van der Waals surface area contributed by atoms with Crippen LogP contribution in [-0.2, 0) is 4.74 Å². The topological polar surface area (TPSA) is 9.23 Å². The molecule has 3 aliphatic rings. The second-order valence-corrected chi connectivity index (χ2v) is 6.80. The lowest BCUT2D eigenvalue weighted by molar-refractivity contribution is -0.181. The van der Waals surface area contributed by atoms with Crippen LogP contribution in [0.25, 0.3) is 0 Å². The lowest BCUT2D eigenvalue weighted by atomic mass is 9.79. The van der Waals surface area contributed by atoms with Crippen LogP contribution >= 0.6 is 0 Å². The normalized spacial score (nSPS) is 32.5. The first-order valence-corrected chi connectivity index (χ1v) is 8.03. The Labute approximate surface area is 106 Å². The Hall–Kier alpha value is -0.0400. The summed E-state index contributed by atoms with van der Waals surface area (Å²) in [4.78, 5) is 0. The molecule has 0 unspecified atom stereocenters. The molecule has 0 aromatic rings. The molecule has 0 aromatic carbocycles. The molecule has 0 atom stereocenters. The highest BCUT2D eigenvalue weighted by Crippen LogP contribution is 2.47. The summed E-state index contributed by atoms with van der Waals surface area (Å²) >= 11 is 0. The molecule has 0 bridgehead atoms. The first kappa shape index (κ1) is 12.0. The fraction of sp³-hybridized carbons (Fsp3) is 1.00. The van der Waals surface area contributed by atoms with Gasteiger partial charge >= 0.3 is 0 Å². The monoisotopic (exact) mass is 236 g/mol. The van der Waals surface area contributed by atoms with Crippen molar-refractivity contribution in [2.75, 3.05) is 0 Å². The molecular formula is C16H28O. The van der Waals surface area contributed by atoms with E-state index in [-0.39, 0.29) is 0 Å². The molecule has 3 fully saturated rings. The van der Waals surface area contributed by atoms with E-state index in [0.29, 0.717) is 11.2 Å². The molecule has 0 radical (unpaired) electrons.